The Bertz CT molecular complexity index is 1010. The van der Waals surface area contributed by atoms with Crippen molar-refractivity contribution >= 4 is 35.3 Å². The number of carbonyl (C=O) groups excluding carboxylic acids is 3. The molecule has 1 fully saturated rings. The smallest absolute Gasteiger partial charge is 0.324 e. The van der Waals surface area contributed by atoms with E-state index in [0.717, 1.165) is 10.5 Å². The second-order valence-electron chi connectivity index (χ2n) is 6.09. The average molecular weight is 380 g/mol. The van der Waals surface area contributed by atoms with Crippen LogP contribution < -0.4 is 10.6 Å². The first-order valence-corrected chi connectivity index (χ1v) is 8.29. The number of hydrogen-bond donors (Lipinski definition) is 2. The van der Waals surface area contributed by atoms with Crippen LogP contribution in [0.25, 0.3) is 6.08 Å². The number of nitrogens with one attached hydrogen (secondary N) is 2. The number of nitro groups is 1. The van der Waals surface area contributed by atoms with Crippen molar-refractivity contribution in [3.05, 3.63) is 75.5 Å². The van der Waals surface area contributed by atoms with E-state index < -0.39 is 29.3 Å². The normalized spacial score (nSPS) is 14.9. The van der Waals surface area contributed by atoms with Crippen LogP contribution in [0.4, 0.5) is 16.2 Å². The van der Waals surface area contributed by atoms with E-state index in [0.29, 0.717) is 11.3 Å². The Kier molecular flexibility index (Phi) is 5.16. The van der Waals surface area contributed by atoms with Crippen LogP contribution in [0.2, 0.25) is 0 Å². The monoisotopic (exact) mass is 380 g/mol. The summed E-state index contributed by atoms with van der Waals surface area (Å²) in [6, 6.07) is 12.0. The van der Waals surface area contributed by atoms with Crippen molar-refractivity contribution in [3.63, 3.8) is 0 Å². The van der Waals surface area contributed by atoms with Gasteiger partial charge in [0.25, 0.3) is 11.6 Å². The number of hydrogen-bond acceptors (Lipinski definition) is 5. The topological polar surface area (TPSA) is 122 Å². The third-order valence-corrected chi connectivity index (χ3v) is 4.08. The predicted octanol–water partition coefficient (Wildman–Crippen LogP) is 2.43. The summed E-state index contributed by atoms with van der Waals surface area (Å²) in [7, 11) is 0. The Labute approximate surface area is 159 Å². The minimum Gasteiger partial charge on any atom is -0.324 e. The number of anilines is 1. The van der Waals surface area contributed by atoms with Gasteiger partial charge in [-0.2, -0.15) is 0 Å². The van der Waals surface area contributed by atoms with E-state index in [2.05, 4.69) is 10.6 Å². The van der Waals surface area contributed by atoms with Crippen LogP contribution in [-0.4, -0.2) is 34.2 Å². The van der Waals surface area contributed by atoms with Crippen molar-refractivity contribution in [1.82, 2.24) is 10.2 Å². The summed E-state index contributed by atoms with van der Waals surface area (Å²) in [5, 5.41) is 15.9. The number of urea groups is 1. The molecule has 0 spiro atoms. The van der Waals surface area contributed by atoms with Gasteiger partial charge in [0.1, 0.15) is 12.2 Å². The number of aryl methyl sites for hydroxylation is 1. The van der Waals surface area contributed by atoms with E-state index in [1.807, 2.05) is 19.1 Å². The molecule has 28 heavy (non-hydrogen) atoms. The van der Waals surface area contributed by atoms with Crippen LogP contribution in [0.3, 0.4) is 0 Å². The van der Waals surface area contributed by atoms with Gasteiger partial charge in [-0.1, -0.05) is 30.3 Å². The third kappa shape index (κ3) is 4.04. The molecule has 142 valence electrons. The molecule has 9 nitrogen and oxygen atoms in total. The van der Waals surface area contributed by atoms with Gasteiger partial charge in [-0.05, 0) is 30.2 Å². The summed E-state index contributed by atoms with van der Waals surface area (Å²) >= 11 is 0. The molecular formula is C19H16N4O5. The van der Waals surface area contributed by atoms with Crippen LogP contribution in [0.15, 0.2) is 54.2 Å². The highest BCUT2D eigenvalue weighted by molar-refractivity contribution is 6.16. The summed E-state index contributed by atoms with van der Waals surface area (Å²) in [5.41, 5.74) is 1.62. The van der Waals surface area contributed by atoms with E-state index in [-0.39, 0.29) is 11.4 Å². The highest BCUT2D eigenvalue weighted by atomic mass is 16.6. The lowest BCUT2D eigenvalue weighted by atomic mass is 10.1. The molecule has 0 radical (unpaired) electrons. The van der Waals surface area contributed by atoms with E-state index in [1.165, 1.54) is 24.3 Å². The third-order valence-electron chi connectivity index (χ3n) is 4.08. The Morgan fingerprint density at radius 2 is 1.96 bits per heavy atom. The molecule has 1 saturated heterocycles. The number of benzene rings is 2. The molecule has 2 N–H and O–H groups in total. The van der Waals surface area contributed by atoms with Gasteiger partial charge in [0.2, 0.25) is 5.91 Å². The van der Waals surface area contributed by atoms with E-state index in [4.69, 9.17) is 0 Å². The first-order chi connectivity index (χ1) is 13.3. The molecule has 0 saturated carbocycles. The Morgan fingerprint density at radius 1 is 1.21 bits per heavy atom. The Morgan fingerprint density at radius 3 is 2.68 bits per heavy atom. The fourth-order valence-electron chi connectivity index (χ4n) is 2.66. The first-order valence-electron chi connectivity index (χ1n) is 8.29. The second kappa shape index (κ2) is 7.70. The molecule has 9 heteroatoms. The van der Waals surface area contributed by atoms with E-state index in [9.17, 15) is 24.5 Å². The van der Waals surface area contributed by atoms with E-state index in [1.54, 1.807) is 18.2 Å². The second-order valence-corrected chi connectivity index (χ2v) is 6.09. The average Bonchev–Trinajstić information content (AvgIpc) is 2.91. The molecule has 0 atom stereocenters. The molecule has 1 aliphatic rings. The summed E-state index contributed by atoms with van der Waals surface area (Å²) < 4.78 is 0. The molecule has 1 heterocycles. The van der Waals surface area contributed by atoms with Gasteiger partial charge in [0.05, 0.1) is 4.92 Å². The molecule has 1 aliphatic heterocycles. The van der Waals surface area contributed by atoms with Gasteiger partial charge in [-0.25, -0.2) is 9.69 Å². The lowest BCUT2D eigenvalue weighted by molar-refractivity contribution is -0.384. The minimum absolute atomic E-state index is 0.0609. The molecule has 2 aromatic carbocycles. The van der Waals surface area contributed by atoms with Crippen LogP contribution in [0, 0.1) is 17.0 Å². The fourth-order valence-corrected chi connectivity index (χ4v) is 2.66. The van der Waals surface area contributed by atoms with Gasteiger partial charge < -0.3 is 10.6 Å². The molecule has 0 aromatic heterocycles. The number of rotatable bonds is 5. The van der Waals surface area contributed by atoms with Crippen LogP contribution in [-0.2, 0) is 9.59 Å². The zero-order valence-electron chi connectivity index (χ0n) is 14.8. The lowest BCUT2D eigenvalue weighted by Gasteiger charge is -2.13. The van der Waals surface area contributed by atoms with Crippen molar-refractivity contribution in [2.75, 3.05) is 11.9 Å². The van der Waals surface area contributed by atoms with E-state index >= 15 is 0 Å². The number of carbonyl (C=O) groups is 3. The van der Waals surface area contributed by atoms with Gasteiger partial charge in [-0.15, -0.1) is 0 Å². The number of imide groups is 1. The van der Waals surface area contributed by atoms with Crippen LogP contribution in [0.1, 0.15) is 11.1 Å². The molecule has 2 aromatic rings. The molecule has 0 aliphatic carbocycles. The largest absolute Gasteiger partial charge is 0.329 e. The number of para-hydroxylation sites is 1. The summed E-state index contributed by atoms with van der Waals surface area (Å²) in [6.07, 6.45) is 1.33. The van der Waals surface area contributed by atoms with Gasteiger partial charge in [0, 0.05) is 17.8 Å². The Balaban J connectivity index is 1.73. The number of nitrogens with zero attached hydrogens (tertiary/aromatic N) is 2. The molecule has 4 amide bonds. The Hall–Kier alpha value is -4.01. The van der Waals surface area contributed by atoms with Crippen molar-refractivity contribution in [3.8, 4) is 0 Å². The maximum atomic E-state index is 12.5. The molecule has 0 unspecified atom stereocenters. The van der Waals surface area contributed by atoms with Gasteiger partial charge in [-0.3, -0.25) is 19.7 Å². The van der Waals surface area contributed by atoms with Crippen LogP contribution >= 0.6 is 0 Å². The summed E-state index contributed by atoms with van der Waals surface area (Å²) in [5.74, 6) is -1.20. The van der Waals surface area contributed by atoms with Crippen LogP contribution in [0.5, 0.6) is 0 Å². The van der Waals surface area contributed by atoms with Crippen molar-refractivity contribution in [2.24, 2.45) is 0 Å². The van der Waals surface area contributed by atoms with Crippen molar-refractivity contribution in [1.29, 1.82) is 0 Å². The number of amides is 4. The number of nitro benzene ring substituents is 1. The molecule has 0 bridgehead atoms. The van der Waals surface area contributed by atoms with Gasteiger partial charge >= 0.3 is 6.03 Å². The maximum Gasteiger partial charge on any atom is 0.329 e. The SMILES string of the molecule is Cc1ccccc1NC(=O)CN1C(=O)N/C(=C\c2cccc([N+](=O)[O-])c2)C1=O. The lowest BCUT2D eigenvalue weighted by Crippen LogP contribution is -2.38. The summed E-state index contributed by atoms with van der Waals surface area (Å²) in [6.45, 7) is 1.37. The zero-order valence-corrected chi connectivity index (χ0v) is 14.8. The van der Waals surface area contributed by atoms with Crippen molar-refractivity contribution < 1.29 is 19.3 Å². The standard InChI is InChI=1S/C19H16N4O5/c1-12-5-2-3-8-15(12)20-17(24)11-22-18(25)16(21-19(22)26)10-13-6-4-7-14(9-13)23(27)28/h2-10H,11H2,1H3,(H,20,24)(H,21,26)/b16-10-. The fraction of sp³-hybridized carbons (Fsp3) is 0.105. The molecular weight excluding hydrogens is 364 g/mol. The maximum absolute atomic E-state index is 12.5. The van der Waals surface area contributed by atoms with Crippen molar-refractivity contribution in [2.45, 2.75) is 6.92 Å². The zero-order chi connectivity index (χ0) is 20.3. The highest BCUT2D eigenvalue weighted by Gasteiger charge is 2.35. The minimum atomic E-state index is -0.735. The highest BCUT2D eigenvalue weighted by Crippen LogP contribution is 2.19. The summed E-state index contributed by atoms with van der Waals surface area (Å²) in [4.78, 5) is 47.8. The quantitative estimate of drug-likeness (QED) is 0.357. The molecule has 3 rings (SSSR count). The predicted molar refractivity (Wildman–Crippen MR) is 101 cm³/mol. The first kappa shape index (κ1) is 18.8. The van der Waals surface area contributed by atoms with Gasteiger partial charge in [0.15, 0.2) is 0 Å². The number of non-ortho nitro benzene ring substituents is 1.